The molecule has 0 heterocycles. The molecule has 0 aromatic heterocycles. The molecule has 0 aromatic rings. The van der Waals surface area contributed by atoms with Crippen LogP contribution in [0.2, 0.25) is 0 Å². The Labute approximate surface area is 99.2 Å². The minimum absolute atomic E-state index is 0.655. The number of likely N-dealkylation sites (N-methyl/N-ethyl adjacent to an activating group) is 1. The third-order valence-corrected chi connectivity index (χ3v) is 4.10. The summed E-state index contributed by atoms with van der Waals surface area (Å²) >= 11 is 1.95. The Morgan fingerprint density at radius 2 is 2.13 bits per heavy atom. The predicted molar refractivity (Wildman–Crippen MR) is 70.7 cm³/mol. The first kappa shape index (κ1) is 13.3. The summed E-state index contributed by atoms with van der Waals surface area (Å²) in [6.07, 6.45) is 6.23. The van der Waals surface area contributed by atoms with Crippen molar-refractivity contribution < 1.29 is 0 Å². The standard InChI is InChI=1S/C12H26N2S/c1-5-12(9-15-4)14(3)10(2)8-13-11-6-7-11/h10-13H,5-9H2,1-4H3. The average molecular weight is 230 g/mol. The maximum Gasteiger partial charge on any atom is 0.0192 e. The molecule has 1 aliphatic rings. The smallest absolute Gasteiger partial charge is 0.0192 e. The zero-order valence-corrected chi connectivity index (χ0v) is 11.4. The van der Waals surface area contributed by atoms with Gasteiger partial charge in [0.1, 0.15) is 0 Å². The Kier molecular flexibility index (Phi) is 6.02. The molecule has 1 N–H and O–H groups in total. The molecule has 0 aliphatic heterocycles. The number of hydrogen-bond acceptors (Lipinski definition) is 3. The highest BCUT2D eigenvalue weighted by Crippen LogP contribution is 2.19. The molecule has 90 valence electrons. The fourth-order valence-electron chi connectivity index (χ4n) is 1.84. The summed E-state index contributed by atoms with van der Waals surface area (Å²) in [5.74, 6) is 1.25. The van der Waals surface area contributed by atoms with Gasteiger partial charge in [-0.1, -0.05) is 6.92 Å². The van der Waals surface area contributed by atoms with Crippen molar-refractivity contribution in [3.63, 3.8) is 0 Å². The largest absolute Gasteiger partial charge is 0.312 e. The van der Waals surface area contributed by atoms with Crippen LogP contribution in [0, 0.1) is 0 Å². The summed E-state index contributed by atoms with van der Waals surface area (Å²) < 4.78 is 0. The van der Waals surface area contributed by atoms with Crippen LogP contribution in [0.1, 0.15) is 33.1 Å². The van der Waals surface area contributed by atoms with Crippen molar-refractivity contribution in [3.8, 4) is 0 Å². The quantitative estimate of drug-likeness (QED) is 0.688. The number of thioether (sulfide) groups is 1. The van der Waals surface area contributed by atoms with Gasteiger partial charge in [0, 0.05) is 30.4 Å². The van der Waals surface area contributed by atoms with Crippen LogP contribution >= 0.6 is 11.8 Å². The first-order valence-corrected chi connectivity index (χ1v) is 7.52. The van der Waals surface area contributed by atoms with E-state index in [9.17, 15) is 0 Å². The van der Waals surface area contributed by atoms with E-state index in [2.05, 4.69) is 37.4 Å². The van der Waals surface area contributed by atoms with Gasteiger partial charge in [-0.25, -0.2) is 0 Å². The fourth-order valence-corrected chi connectivity index (χ4v) is 2.70. The van der Waals surface area contributed by atoms with Gasteiger partial charge in [-0.2, -0.15) is 11.8 Å². The molecule has 0 saturated heterocycles. The minimum Gasteiger partial charge on any atom is -0.312 e. The van der Waals surface area contributed by atoms with E-state index in [-0.39, 0.29) is 0 Å². The topological polar surface area (TPSA) is 15.3 Å². The van der Waals surface area contributed by atoms with E-state index in [0.717, 1.165) is 18.6 Å². The monoisotopic (exact) mass is 230 g/mol. The predicted octanol–water partition coefficient (Wildman–Crippen LogP) is 2.20. The second-order valence-electron chi connectivity index (χ2n) is 4.71. The van der Waals surface area contributed by atoms with Crippen molar-refractivity contribution in [2.75, 3.05) is 25.6 Å². The van der Waals surface area contributed by atoms with E-state index < -0.39 is 0 Å². The molecular weight excluding hydrogens is 204 g/mol. The summed E-state index contributed by atoms with van der Waals surface area (Å²) in [4.78, 5) is 2.53. The van der Waals surface area contributed by atoms with E-state index in [0.29, 0.717) is 6.04 Å². The van der Waals surface area contributed by atoms with Gasteiger partial charge in [0.15, 0.2) is 0 Å². The van der Waals surface area contributed by atoms with Crippen LogP contribution in [-0.4, -0.2) is 48.6 Å². The fraction of sp³-hybridized carbons (Fsp3) is 1.00. The van der Waals surface area contributed by atoms with Crippen molar-refractivity contribution in [1.82, 2.24) is 10.2 Å². The lowest BCUT2D eigenvalue weighted by atomic mass is 10.2. The molecule has 2 atom stereocenters. The van der Waals surface area contributed by atoms with Crippen molar-refractivity contribution in [1.29, 1.82) is 0 Å². The Hall–Kier alpha value is 0.270. The molecule has 2 nitrogen and oxygen atoms in total. The van der Waals surface area contributed by atoms with E-state index in [1.807, 2.05) is 11.8 Å². The Balaban J connectivity index is 2.23. The Bertz CT molecular complexity index is 171. The first-order chi connectivity index (χ1) is 7.19. The van der Waals surface area contributed by atoms with Crippen molar-refractivity contribution >= 4 is 11.8 Å². The first-order valence-electron chi connectivity index (χ1n) is 6.13. The van der Waals surface area contributed by atoms with E-state index in [1.165, 1.54) is 25.0 Å². The molecule has 1 saturated carbocycles. The van der Waals surface area contributed by atoms with Gasteiger partial charge >= 0.3 is 0 Å². The van der Waals surface area contributed by atoms with Gasteiger partial charge in [-0.3, -0.25) is 4.90 Å². The maximum atomic E-state index is 3.61. The maximum absolute atomic E-state index is 3.61. The van der Waals surface area contributed by atoms with Crippen LogP contribution in [0.3, 0.4) is 0 Å². The number of nitrogens with zero attached hydrogens (tertiary/aromatic N) is 1. The second kappa shape index (κ2) is 6.77. The summed E-state index contributed by atoms with van der Waals surface area (Å²) in [5.41, 5.74) is 0. The molecule has 1 aliphatic carbocycles. The third kappa shape index (κ3) is 4.75. The molecule has 0 amide bonds. The molecule has 2 unspecified atom stereocenters. The van der Waals surface area contributed by atoms with Gasteiger partial charge in [0.25, 0.3) is 0 Å². The van der Waals surface area contributed by atoms with Gasteiger partial charge < -0.3 is 5.32 Å². The molecule has 15 heavy (non-hydrogen) atoms. The zero-order valence-electron chi connectivity index (χ0n) is 10.6. The average Bonchev–Trinajstić information content (AvgIpc) is 3.05. The lowest BCUT2D eigenvalue weighted by Gasteiger charge is -2.32. The lowest BCUT2D eigenvalue weighted by molar-refractivity contribution is 0.190. The molecule has 0 aromatic carbocycles. The van der Waals surface area contributed by atoms with Crippen LogP contribution < -0.4 is 5.32 Å². The van der Waals surface area contributed by atoms with Gasteiger partial charge in [0.05, 0.1) is 0 Å². The SMILES string of the molecule is CCC(CSC)N(C)C(C)CNC1CC1. The second-order valence-corrected chi connectivity index (χ2v) is 5.63. The number of hydrogen-bond donors (Lipinski definition) is 1. The lowest BCUT2D eigenvalue weighted by Crippen LogP contribution is -2.45. The molecule has 0 radical (unpaired) electrons. The highest BCUT2D eigenvalue weighted by Gasteiger charge is 2.23. The van der Waals surface area contributed by atoms with Crippen LogP contribution in [0.5, 0.6) is 0 Å². The Morgan fingerprint density at radius 3 is 2.60 bits per heavy atom. The van der Waals surface area contributed by atoms with Gasteiger partial charge in [-0.15, -0.1) is 0 Å². The summed E-state index contributed by atoms with van der Waals surface area (Å²) in [5, 5.41) is 3.61. The normalized spacial score (nSPS) is 20.6. The van der Waals surface area contributed by atoms with Crippen molar-refractivity contribution in [2.24, 2.45) is 0 Å². The molecule has 0 bridgehead atoms. The molecular formula is C12H26N2S. The van der Waals surface area contributed by atoms with Gasteiger partial charge in [-0.05, 0) is 39.5 Å². The minimum atomic E-state index is 0.655. The number of nitrogens with one attached hydrogen (secondary N) is 1. The van der Waals surface area contributed by atoms with Crippen LogP contribution in [0.25, 0.3) is 0 Å². The summed E-state index contributed by atoms with van der Waals surface area (Å²) in [6.45, 7) is 5.77. The third-order valence-electron chi connectivity index (χ3n) is 3.38. The van der Waals surface area contributed by atoms with E-state index in [1.54, 1.807) is 0 Å². The highest BCUT2D eigenvalue weighted by atomic mass is 32.2. The molecule has 3 heteroatoms. The molecule has 0 spiro atoms. The van der Waals surface area contributed by atoms with Crippen LogP contribution in [0.15, 0.2) is 0 Å². The van der Waals surface area contributed by atoms with Gasteiger partial charge in [0.2, 0.25) is 0 Å². The zero-order chi connectivity index (χ0) is 11.3. The molecule has 1 rings (SSSR count). The highest BCUT2D eigenvalue weighted by molar-refractivity contribution is 7.98. The van der Waals surface area contributed by atoms with E-state index >= 15 is 0 Å². The van der Waals surface area contributed by atoms with Crippen molar-refractivity contribution in [3.05, 3.63) is 0 Å². The van der Waals surface area contributed by atoms with Crippen LogP contribution in [-0.2, 0) is 0 Å². The summed E-state index contributed by atoms with van der Waals surface area (Å²) in [6, 6.07) is 2.22. The van der Waals surface area contributed by atoms with Crippen LogP contribution in [0.4, 0.5) is 0 Å². The molecule has 1 fully saturated rings. The number of rotatable bonds is 8. The summed E-state index contributed by atoms with van der Waals surface area (Å²) in [7, 11) is 2.27. The van der Waals surface area contributed by atoms with E-state index in [4.69, 9.17) is 0 Å². The Morgan fingerprint density at radius 1 is 1.47 bits per heavy atom. The van der Waals surface area contributed by atoms with Crippen molar-refractivity contribution in [2.45, 2.75) is 51.2 Å².